The number of benzene rings is 2. The molecule has 1 heterocycles. The molecule has 0 atom stereocenters. The molecule has 2 aromatic carbocycles. The fraction of sp³-hybridized carbons (Fsp3) is 0.391. The van der Waals surface area contributed by atoms with Crippen LogP contribution in [-0.4, -0.2) is 30.8 Å². The van der Waals surface area contributed by atoms with Crippen molar-refractivity contribution in [3.63, 3.8) is 0 Å². The van der Waals surface area contributed by atoms with Gasteiger partial charge in [0.05, 0.1) is 12.2 Å². The predicted molar refractivity (Wildman–Crippen MR) is 123 cm³/mol. The maximum atomic E-state index is 11.8. The fourth-order valence-electron chi connectivity index (χ4n) is 3.47. The summed E-state index contributed by atoms with van der Waals surface area (Å²) in [6, 6.07) is 14.1. The number of carbonyl (C=O) groups is 1. The molecule has 3 rings (SSSR count). The van der Waals surface area contributed by atoms with E-state index in [4.69, 9.17) is 17.0 Å². The van der Waals surface area contributed by atoms with E-state index < -0.39 is 0 Å². The van der Waals surface area contributed by atoms with Crippen LogP contribution in [0.1, 0.15) is 47.7 Å². The summed E-state index contributed by atoms with van der Waals surface area (Å²) in [7, 11) is 0. The summed E-state index contributed by atoms with van der Waals surface area (Å²) in [5.74, 6) is -0.309. The second-order valence-corrected chi connectivity index (χ2v) is 7.68. The molecule has 1 fully saturated rings. The van der Waals surface area contributed by atoms with Crippen molar-refractivity contribution in [3.8, 4) is 0 Å². The van der Waals surface area contributed by atoms with E-state index in [0.29, 0.717) is 23.8 Å². The first-order chi connectivity index (χ1) is 14.1. The van der Waals surface area contributed by atoms with Gasteiger partial charge in [-0.3, -0.25) is 0 Å². The molecular weight excluding hydrogens is 382 g/mol. The molecule has 2 N–H and O–H groups in total. The van der Waals surface area contributed by atoms with Crippen LogP contribution in [0.2, 0.25) is 0 Å². The third kappa shape index (κ3) is 5.94. The van der Waals surface area contributed by atoms with Gasteiger partial charge >= 0.3 is 5.97 Å². The lowest BCUT2D eigenvalue weighted by Crippen LogP contribution is -2.29. The van der Waals surface area contributed by atoms with E-state index in [1.165, 1.54) is 30.5 Å². The highest BCUT2D eigenvalue weighted by Gasteiger charge is 2.11. The highest BCUT2D eigenvalue weighted by atomic mass is 32.1. The molecule has 0 saturated carbocycles. The van der Waals surface area contributed by atoms with Crippen LogP contribution in [-0.2, 0) is 11.3 Å². The van der Waals surface area contributed by atoms with Crippen LogP contribution in [0.15, 0.2) is 42.5 Å². The molecule has 0 aromatic heterocycles. The molecule has 0 aliphatic carbocycles. The molecular formula is C23H29N3O2S. The van der Waals surface area contributed by atoms with Crippen molar-refractivity contribution in [2.24, 2.45) is 0 Å². The molecule has 0 spiro atoms. The molecule has 1 aliphatic heterocycles. The summed E-state index contributed by atoms with van der Waals surface area (Å²) >= 11 is 5.43. The van der Waals surface area contributed by atoms with Gasteiger partial charge in [0, 0.05) is 31.0 Å². The Morgan fingerprint density at radius 3 is 2.48 bits per heavy atom. The zero-order valence-corrected chi connectivity index (χ0v) is 18.0. The zero-order valence-electron chi connectivity index (χ0n) is 17.2. The van der Waals surface area contributed by atoms with Crippen LogP contribution in [0.5, 0.6) is 0 Å². The minimum absolute atomic E-state index is 0.309. The van der Waals surface area contributed by atoms with Gasteiger partial charge in [0.1, 0.15) is 0 Å². The second-order valence-electron chi connectivity index (χ2n) is 7.27. The number of aryl methyl sites for hydroxylation is 1. The Balaban J connectivity index is 1.51. The fourth-order valence-corrected chi connectivity index (χ4v) is 3.65. The van der Waals surface area contributed by atoms with Crippen molar-refractivity contribution in [2.45, 2.75) is 39.7 Å². The molecule has 0 amide bonds. The van der Waals surface area contributed by atoms with Crippen LogP contribution in [0.3, 0.4) is 0 Å². The summed E-state index contributed by atoms with van der Waals surface area (Å²) in [5, 5.41) is 7.00. The number of piperidine rings is 1. The summed E-state index contributed by atoms with van der Waals surface area (Å²) in [6.45, 7) is 7.07. The molecule has 0 radical (unpaired) electrons. The first-order valence-corrected chi connectivity index (χ1v) is 10.6. The van der Waals surface area contributed by atoms with E-state index in [-0.39, 0.29) is 5.97 Å². The number of esters is 1. The number of hydrogen-bond acceptors (Lipinski definition) is 4. The quantitative estimate of drug-likeness (QED) is 0.533. The van der Waals surface area contributed by atoms with Gasteiger partial charge in [-0.05, 0) is 86.8 Å². The van der Waals surface area contributed by atoms with E-state index in [9.17, 15) is 4.79 Å². The van der Waals surface area contributed by atoms with Crippen molar-refractivity contribution in [1.82, 2.24) is 5.32 Å². The molecule has 0 bridgehead atoms. The summed E-state index contributed by atoms with van der Waals surface area (Å²) in [4.78, 5) is 14.3. The van der Waals surface area contributed by atoms with Gasteiger partial charge in [-0.15, -0.1) is 0 Å². The lowest BCUT2D eigenvalue weighted by atomic mass is 10.1. The Labute approximate surface area is 178 Å². The van der Waals surface area contributed by atoms with Gasteiger partial charge in [0.25, 0.3) is 0 Å². The van der Waals surface area contributed by atoms with Crippen molar-refractivity contribution in [2.75, 3.05) is 29.9 Å². The molecule has 5 nitrogen and oxygen atoms in total. The Morgan fingerprint density at radius 2 is 1.83 bits per heavy atom. The van der Waals surface area contributed by atoms with Crippen molar-refractivity contribution in [1.29, 1.82) is 0 Å². The van der Waals surface area contributed by atoms with E-state index in [1.54, 1.807) is 13.0 Å². The third-order valence-electron chi connectivity index (χ3n) is 5.10. The normalized spacial score (nSPS) is 13.7. The lowest BCUT2D eigenvalue weighted by molar-refractivity contribution is 0.0526. The average Bonchev–Trinajstić information content (AvgIpc) is 2.75. The topological polar surface area (TPSA) is 53.6 Å². The van der Waals surface area contributed by atoms with Gasteiger partial charge in [0.2, 0.25) is 0 Å². The molecule has 1 aliphatic rings. The first kappa shape index (κ1) is 21.1. The molecule has 154 valence electrons. The Kier molecular flexibility index (Phi) is 7.47. The van der Waals surface area contributed by atoms with Crippen LogP contribution >= 0.6 is 12.2 Å². The summed E-state index contributed by atoms with van der Waals surface area (Å²) < 4.78 is 5.04. The van der Waals surface area contributed by atoms with E-state index in [2.05, 4.69) is 39.8 Å². The number of ether oxygens (including phenoxy) is 1. The smallest absolute Gasteiger partial charge is 0.338 e. The summed E-state index contributed by atoms with van der Waals surface area (Å²) in [5.41, 5.74) is 4.83. The highest BCUT2D eigenvalue weighted by molar-refractivity contribution is 7.80. The Hall–Kier alpha value is -2.60. The third-order valence-corrected chi connectivity index (χ3v) is 5.34. The second kappa shape index (κ2) is 10.3. The van der Waals surface area contributed by atoms with Crippen LogP contribution in [0, 0.1) is 6.92 Å². The maximum absolute atomic E-state index is 11.8. The minimum Gasteiger partial charge on any atom is -0.462 e. The van der Waals surface area contributed by atoms with Crippen LogP contribution < -0.4 is 15.5 Å². The van der Waals surface area contributed by atoms with Crippen LogP contribution in [0.4, 0.5) is 11.4 Å². The van der Waals surface area contributed by atoms with Crippen molar-refractivity contribution >= 4 is 34.7 Å². The van der Waals surface area contributed by atoms with Crippen molar-refractivity contribution < 1.29 is 9.53 Å². The Morgan fingerprint density at radius 1 is 1.10 bits per heavy atom. The minimum atomic E-state index is -0.309. The van der Waals surface area contributed by atoms with E-state index >= 15 is 0 Å². The number of nitrogens with one attached hydrogen (secondary N) is 2. The van der Waals surface area contributed by atoms with Crippen molar-refractivity contribution in [3.05, 3.63) is 59.2 Å². The van der Waals surface area contributed by atoms with Gasteiger partial charge in [-0.1, -0.05) is 12.1 Å². The van der Waals surface area contributed by atoms with Gasteiger partial charge in [-0.2, -0.15) is 0 Å². The maximum Gasteiger partial charge on any atom is 0.338 e. The SMILES string of the molecule is CCOC(=O)c1ccc(NC(=S)NCc2ccc(N3CCCCC3)cc2)c(C)c1. The predicted octanol–water partition coefficient (Wildman–Crippen LogP) is 4.65. The van der Waals surface area contributed by atoms with E-state index in [1.807, 2.05) is 19.1 Å². The molecule has 6 heteroatoms. The monoisotopic (exact) mass is 411 g/mol. The molecule has 1 saturated heterocycles. The van der Waals surface area contributed by atoms with Crippen LogP contribution in [0.25, 0.3) is 0 Å². The summed E-state index contributed by atoms with van der Waals surface area (Å²) in [6.07, 6.45) is 3.90. The standard InChI is InChI=1S/C23H29N3O2S/c1-3-28-22(27)19-9-12-21(17(2)15-19)25-23(29)24-16-18-7-10-20(11-8-18)26-13-5-4-6-14-26/h7-12,15H,3-6,13-14,16H2,1-2H3,(H2,24,25,29). The highest BCUT2D eigenvalue weighted by Crippen LogP contribution is 2.20. The number of nitrogens with zero attached hydrogens (tertiary/aromatic N) is 1. The number of hydrogen-bond donors (Lipinski definition) is 2. The number of anilines is 2. The van der Waals surface area contributed by atoms with Gasteiger partial charge in [0.15, 0.2) is 5.11 Å². The average molecular weight is 412 g/mol. The first-order valence-electron chi connectivity index (χ1n) is 10.2. The largest absolute Gasteiger partial charge is 0.462 e. The zero-order chi connectivity index (χ0) is 20.6. The lowest BCUT2D eigenvalue weighted by Gasteiger charge is -2.28. The van der Waals surface area contributed by atoms with E-state index in [0.717, 1.165) is 24.3 Å². The molecule has 29 heavy (non-hydrogen) atoms. The van der Waals surface area contributed by atoms with Gasteiger partial charge in [-0.25, -0.2) is 4.79 Å². The van der Waals surface area contributed by atoms with Gasteiger partial charge < -0.3 is 20.3 Å². The Bertz CT molecular complexity index is 846. The molecule has 0 unspecified atom stereocenters. The number of rotatable bonds is 6. The number of carbonyl (C=O) groups excluding carboxylic acids is 1. The molecule has 2 aromatic rings. The number of thiocarbonyl (C=S) groups is 1.